The van der Waals surface area contributed by atoms with Crippen LogP contribution in [0.2, 0.25) is 5.02 Å². The summed E-state index contributed by atoms with van der Waals surface area (Å²) in [5.74, 6) is 1.14. The van der Waals surface area contributed by atoms with Crippen molar-refractivity contribution in [2.75, 3.05) is 6.54 Å². The average molecular weight is 452 g/mol. The van der Waals surface area contributed by atoms with E-state index in [0.717, 1.165) is 24.0 Å². The van der Waals surface area contributed by atoms with Crippen molar-refractivity contribution in [3.05, 3.63) is 94.5 Å². The van der Waals surface area contributed by atoms with Gasteiger partial charge in [-0.1, -0.05) is 85.1 Å². The summed E-state index contributed by atoms with van der Waals surface area (Å²) in [6.07, 6.45) is 4.11. The fraction of sp³-hybridized carbons (Fsp3) is 0.333. The van der Waals surface area contributed by atoms with Crippen LogP contribution in [0.15, 0.2) is 72.8 Å². The van der Waals surface area contributed by atoms with Crippen LogP contribution in [0.5, 0.6) is 11.5 Å². The molecule has 3 aromatic rings. The smallest absolute Gasteiger partial charge is 0.163 e. The number of halogens is 1. The first-order valence-corrected chi connectivity index (χ1v) is 11.6. The first-order chi connectivity index (χ1) is 15.7. The zero-order valence-electron chi connectivity index (χ0n) is 18.2. The highest BCUT2D eigenvalue weighted by Gasteiger charge is 2.20. The van der Waals surface area contributed by atoms with Crippen molar-refractivity contribution in [2.24, 2.45) is 0 Å². The number of hydrogen-bond donors (Lipinski definition) is 2. The number of ether oxygens (including phenoxy) is 2. The van der Waals surface area contributed by atoms with Crippen LogP contribution in [-0.2, 0) is 13.2 Å². The van der Waals surface area contributed by atoms with E-state index >= 15 is 0 Å². The molecule has 1 unspecified atom stereocenters. The second-order valence-electron chi connectivity index (χ2n) is 8.27. The van der Waals surface area contributed by atoms with Crippen molar-refractivity contribution < 1.29 is 14.6 Å². The topological polar surface area (TPSA) is 50.7 Å². The van der Waals surface area contributed by atoms with E-state index in [0.29, 0.717) is 47.9 Å². The Morgan fingerprint density at radius 3 is 1.94 bits per heavy atom. The molecule has 0 radical (unpaired) electrons. The van der Waals surface area contributed by atoms with E-state index in [1.165, 1.54) is 12.8 Å². The molecule has 0 spiro atoms. The quantitative estimate of drug-likeness (QED) is 0.393. The van der Waals surface area contributed by atoms with Gasteiger partial charge in [-0.15, -0.1) is 0 Å². The zero-order chi connectivity index (χ0) is 22.2. The van der Waals surface area contributed by atoms with Crippen LogP contribution >= 0.6 is 11.6 Å². The number of benzene rings is 3. The van der Waals surface area contributed by atoms with Gasteiger partial charge in [0.1, 0.15) is 13.2 Å². The van der Waals surface area contributed by atoms with Crippen molar-refractivity contribution in [2.45, 2.75) is 51.0 Å². The Morgan fingerprint density at radius 2 is 1.38 bits per heavy atom. The Morgan fingerprint density at radius 1 is 0.844 bits per heavy atom. The molecule has 4 rings (SSSR count). The lowest BCUT2D eigenvalue weighted by atomic mass is 10.1. The summed E-state index contributed by atoms with van der Waals surface area (Å²) in [6.45, 7) is 1.27. The Bertz CT molecular complexity index is 975. The highest BCUT2D eigenvalue weighted by Crippen LogP contribution is 2.37. The van der Waals surface area contributed by atoms with Gasteiger partial charge in [0, 0.05) is 24.2 Å². The highest BCUT2D eigenvalue weighted by atomic mass is 35.5. The average Bonchev–Trinajstić information content (AvgIpc) is 3.35. The minimum Gasteiger partial charge on any atom is -0.485 e. The van der Waals surface area contributed by atoms with E-state index in [2.05, 4.69) is 5.32 Å². The molecule has 5 heteroatoms. The van der Waals surface area contributed by atoms with Crippen molar-refractivity contribution in [1.29, 1.82) is 0 Å². The summed E-state index contributed by atoms with van der Waals surface area (Å²) in [5, 5.41) is 14.8. The fourth-order valence-corrected chi connectivity index (χ4v) is 4.30. The Balaban J connectivity index is 1.51. The van der Waals surface area contributed by atoms with Gasteiger partial charge in [0.15, 0.2) is 11.5 Å². The molecule has 0 amide bonds. The molecular formula is C27H30ClNO3. The molecule has 0 bridgehead atoms. The van der Waals surface area contributed by atoms with Gasteiger partial charge in [0.25, 0.3) is 0 Å². The SMILES string of the molecule is OC(CNC1CCCC1)c1cc(OCc2ccccc2)c(OCc2ccccc2)cc1Cl. The minimum absolute atomic E-state index is 0.403. The number of nitrogens with one attached hydrogen (secondary N) is 1. The summed E-state index contributed by atoms with van der Waals surface area (Å²) in [6, 6.07) is 24.0. The maximum absolute atomic E-state index is 10.8. The van der Waals surface area contributed by atoms with Gasteiger partial charge in [0.05, 0.1) is 11.1 Å². The van der Waals surface area contributed by atoms with Gasteiger partial charge in [-0.05, 0) is 30.0 Å². The van der Waals surface area contributed by atoms with Crippen LogP contribution in [0.25, 0.3) is 0 Å². The number of aliphatic hydroxyl groups excluding tert-OH is 1. The van der Waals surface area contributed by atoms with Crippen LogP contribution in [-0.4, -0.2) is 17.7 Å². The summed E-state index contributed by atoms with van der Waals surface area (Å²) >= 11 is 6.57. The summed E-state index contributed by atoms with van der Waals surface area (Å²) < 4.78 is 12.2. The molecule has 0 saturated heterocycles. The third kappa shape index (κ3) is 6.26. The molecule has 4 nitrogen and oxygen atoms in total. The van der Waals surface area contributed by atoms with Crippen molar-refractivity contribution in [3.63, 3.8) is 0 Å². The van der Waals surface area contributed by atoms with E-state index in [-0.39, 0.29) is 0 Å². The predicted octanol–water partition coefficient (Wildman–Crippen LogP) is 6.06. The van der Waals surface area contributed by atoms with E-state index in [1.807, 2.05) is 66.7 Å². The number of aliphatic hydroxyl groups is 1. The highest BCUT2D eigenvalue weighted by molar-refractivity contribution is 6.31. The molecule has 32 heavy (non-hydrogen) atoms. The van der Waals surface area contributed by atoms with Gasteiger partial charge < -0.3 is 19.9 Å². The Hall–Kier alpha value is -2.53. The zero-order valence-corrected chi connectivity index (χ0v) is 18.9. The number of hydrogen-bond acceptors (Lipinski definition) is 4. The molecule has 3 aromatic carbocycles. The first-order valence-electron chi connectivity index (χ1n) is 11.3. The molecule has 1 atom stereocenters. The second kappa shape index (κ2) is 11.4. The summed E-state index contributed by atoms with van der Waals surface area (Å²) in [5.41, 5.74) is 2.76. The van der Waals surface area contributed by atoms with E-state index < -0.39 is 6.10 Å². The van der Waals surface area contributed by atoms with Crippen LogP contribution in [0, 0.1) is 0 Å². The predicted molar refractivity (Wildman–Crippen MR) is 128 cm³/mol. The minimum atomic E-state index is -0.717. The van der Waals surface area contributed by atoms with E-state index in [9.17, 15) is 5.11 Å². The number of rotatable bonds is 10. The van der Waals surface area contributed by atoms with Gasteiger partial charge in [-0.3, -0.25) is 0 Å². The molecule has 1 aliphatic carbocycles. The molecule has 1 aliphatic rings. The monoisotopic (exact) mass is 451 g/mol. The van der Waals surface area contributed by atoms with Crippen molar-refractivity contribution in [3.8, 4) is 11.5 Å². The van der Waals surface area contributed by atoms with E-state index in [1.54, 1.807) is 6.07 Å². The molecule has 168 valence electrons. The summed E-state index contributed by atoms with van der Waals surface area (Å²) in [4.78, 5) is 0. The molecule has 1 saturated carbocycles. The van der Waals surface area contributed by atoms with Crippen molar-refractivity contribution in [1.82, 2.24) is 5.32 Å². The lowest BCUT2D eigenvalue weighted by Gasteiger charge is -2.20. The lowest BCUT2D eigenvalue weighted by molar-refractivity contribution is 0.169. The third-order valence-electron chi connectivity index (χ3n) is 5.85. The van der Waals surface area contributed by atoms with Crippen LogP contribution < -0.4 is 14.8 Å². The van der Waals surface area contributed by atoms with Gasteiger partial charge in [0.2, 0.25) is 0 Å². The molecule has 0 heterocycles. The van der Waals surface area contributed by atoms with Crippen LogP contribution in [0.3, 0.4) is 0 Å². The maximum Gasteiger partial charge on any atom is 0.163 e. The Kier molecular flexibility index (Phi) is 8.05. The van der Waals surface area contributed by atoms with Crippen molar-refractivity contribution >= 4 is 11.6 Å². The normalized spacial score (nSPS) is 14.9. The molecule has 0 aliphatic heterocycles. The lowest BCUT2D eigenvalue weighted by Crippen LogP contribution is -2.30. The Labute approximate surface area is 195 Å². The van der Waals surface area contributed by atoms with E-state index in [4.69, 9.17) is 21.1 Å². The summed E-state index contributed by atoms with van der Waals surface area (Å²) in [7, 11) is 0. The van der Waals surface area contributed by atoms with Gasteiger partial charge in [-0.25, -0.2) is 0 Å². The largest absolute Gasteiger partial charge is 0.485 e. The molecule has 0 aromatic heterocycles. The molecular weight excluding hydrogens is 422 g/mol. The van der Waals surface area contributed by atoms with Gasteiger partial charge in [-0.2, -0.15) is 0 Å². The maximum atomic E-state index is 10.8. The first kappa shape index (κ1) is 22.7. The standard InChI is InChI=1S/C27H30ClNO3/c28-24-16-27(32-19-21-11-5-2-6-12-21)26(31-18-20-9-3-1-4-10-20)15-23(24)25(30)17-29-22-13-7-8-14-22/h1-6,9-12,15-16,22,25,29-30H,7-8,13-14,17-19H2. The molecule has 1 fully saturated rings. The van der Waals surface area contributed by atoms with Crippen LogP contribution in [0.1, 0.15) is 48.5 Å². The second-order valence-corrected chi connectivity index (χ2v) is 8.68. The van der Waals surface area contributed by atoms with Crippen LogP contribution in [0.4, 0.5) is 0 Å². The third-order valence-corrected chi connectivity index (χ3v) is 6.18. The van der Waals surface area contributed by atoms with Gasteiger partial charge >= 0.3 is 0 Å². The fourth-order valence-electron chi connectivity index (χ4n) is 4.02. The molecule has 2 N–H and O–H groups in total.